The van der Waals surface area contributed by atoms with Crippen molar-refractivity contribution in [2.24, 2.45) is 0 Å². The summed E-state index contributed by atoms with van der Waals surface area (Å²) in [5, 5.41) is 16.5. The van der Waals surface area contributed by atoms with E-state index in [4.69, 9.17) is 0 Å². The molecule has 1 aromatic rings. The zero-order valence-electron chi connectivity index (χ0n) is 10.6. The largest absolute Gasteiger partial charge is 0.390 e. The van der Waals surface area contributed by atoms with E-state index in [-0.39, 0.29) is 5.54 Å². The van der Waals surface area contributed by atoms with Gasteiger partial charge in [0.1, 0.15) is 0 Å². The van der Waals surface area contributed by atoms with E-state index in [0.29, 0.717) is 6.42 Å². The molecular weight excluding hydrogens is 220 g/mol. The fourth-order valence-electron chi connectivity index (χ4n) is 1.46. The molecule has 1 rings (SSSR count). The summed E-state index contributed by atoms with van der Waals surface area (Å²) >= 11 is 1.60. The molecule has 16 heavy (non-hydrogen) atoms. The second-order valence-corrected chi connectivity index (χ2v) is 6.51. The van der Waals surface area contributed by atoms with Gasteiger partial charge >= 0.3 is 0 Å². The van der Waals surface area contributed by atoms with Crippen molar-refractivity contribution in [3.8, 4) is 0 Å². The molecule has 0 spiro atoms. The molecule has 92 valence electrons. The Morgan fingerprint density at radius 1 is 1.38 bits per heavy atom. The Hall–Kier alpha value is -0.450. The third-order valence-corrected chi connectivity index (χ3v) is 3.11. The van der Waals surface area contributed by atoms with Gasteiger partial charge in [-0.2, -0.15) is 0 Å². The zero-order chi connectivity index (χ0) is 12.2. The maximum absolute atomic E-state index is 10.2. The first-order valence-corrected chi connectivity index (χ1v) is 6.52. The highest BCUT2D eigenvalue weighted by atomic mass is 32.1. The van der Waals surface area contributed by atoms with Crippen molar-refractivity contribution in [2.45, 2.75) is 51.7 Å². The minimum absolute atomic E-state index is 0.108. The molecule has 2 N–H and O–H groups in total. The van der Waals surface area contributed by atoms with Crippen LogP contribution in [0.4, 0.5) is 0 Å². The number of nitrogens with zero attached hydrogens (tertiary/aromatic N) is 1. The minimum Gasteiger partial charge on any atom is -0.390 e. The lowest BCUT2D eigenvalue weighted by Crippen LogP contribution is -2.40. The van der Waals surface area contributed by atoms with Crippen LogP contribution in [0.25, 0.3) is 0 Å². The molecule has 0 aliphatic rings. The second-order valence-electron chi connectivity index (χ2n) is 5.53. The van der Waals surface area contributed by atoms with Crippen molar-refractivity contribution >= 4 is 11.3 Å². The Bertz CT molecular complexity index is 301. The number of aliphatic hydroxyl groups is 1. The smallest absolute Gasteiger partial charge is 0.0953 e. The molecule has 4 heteroatoms. The highest BCUT2D eigenvalue weighted by molar-refractivity contribution is 7.09. The fraction of sp³-hybridized carbons (Fsp3) is 0.750. The third kappa shape index (κ3) is 5.58. The molecule has 0 saturated carbocycles. The average molecular weight is 242 g/mol. The molecule has 0 bridgehead atoms. The minimum atomic E-state index is -0.671. The summed E-state index contributed by atoms with van der Waals surface area (Å²) in [6, 6.07) is 0. The van der Waals surface area contributed by atoms with Gasteiger partial charge in [0.25, 0.3) is 0 Å². The number of hydrogen-bond donors (Lipinski definition) is 2. The SMILES string of the molecule is CC(O)(CCNC(C)(C)C)Cc1nccs1. The predicted molar refractivity (Wildman–Crippen MR) is 68.8 cm³/mol. The van der Waals surface area contributed by atoms with E-state index in [1.54, 1.807) is 17.5 Å². The lowest BCUT2D eigenvalue weighted by molar-refractivity contribution is 0.0499. The van der Waals surface area contributed by atoms with Crippen LogP contribution >= 0.6 is 11.3 Å². The molecule has 0 saturated heterocycles. The molecule has 1 heterocycles. The Kier molecular flexibility index (Phi) is 4.47. The van der Waals surface area contributed by atoms with Crippen LogP contribution in [0.3, 0.4) is 0 Å². The maximum Gasteiger partial charge on any atom is 0.0953 e. The molecule has 3 nitrogen and oxygen atoms in total. The summed E-state index contributed by atoms with van der Waals surface area (Å²) in [5.41, 5.74) is -0.562. The summed E-state index contributed by atoms with van der Waals surface area (Å²) in [6.45, 7) is 9.08. The van der Waals surface area contributed by atoms with Gasteiger partial charge in [0, 0.05) is 23.5 Å². The van der Waals surface area contributed by atoms with Crippen molar-refractivity contribution in [1.82, 2.24) is 10.3 Å². The Labute approximate surface area is 102 Å². The quantitative estimate of drug-likeness (QED) is 0.832. The molecule has 1 unspecified atom stereocenters. The molecule has 0 amide bonds. The van der Waals surface area contributed by atoms with E-state index in [2.05, 4.69) is 31.1 Å². The van der Waals surface area contributed by atoms with E-state index >= 15 is 0 Å². The first-order valence-electron chi connectivity index (χ1n) is 5.64. The van der Waals surface area contributed by atoms with Crippen LogP contribution in [0.2, 0.25) is 0 Å². The Morgan fingerprint density at radius 2 is 2.06 bits per heavy atom. The topological polar surface area (TPSA) is 45.1 Å². The number of nitrogens with one attached hydrogen (secondary N) is 1. The molecule has 0 aliphatic carbocycles. The first-order chi connectivity index (χ1) is 7.29. The molecule has 0 fully saturated rings. The average Bonchev–Trinajstić information content (AvgIpc) is 2.52. The van der Waals surface area contributed by atoms with E-state index in [1.165, 1.54) is 0 Å². The van der Waals surface area contributed by atoms with Crippen molar-refractivity contribution < 1.29 is 5.11 Å². The number of rotatable bonds is 5. The Morgan fingerprint density at radius 3 is 2.56 bits per heavy atom. The normalized spacial score (nSPS) is 16.1. The second kappa shape index (κ2) is 5.25. The monoisotopic (exact) mass is 242 g/mol. The van der Waals surface area contributed by atoms with Crippen LogP contribution < -0.4 is 5.32 Å². The lowest BCUT2D eigenvalue weighted by atomic mass is 9.98. The van der Waals surface area contributed by atoms with E-state index < -0.39 is 5.60 Å². The fourth-order valence-corrected chi connectivity index (χ4v) is 2.26. The predicted octanol–water partition coefficient (Wildman–Crippen LogP) is 2.21. The van der Waals surface area contributed by atoms with Crippen molar-refractivity contribution in [3.05, 3.63) is 16.6 Å². The van der Waals surface area contributed by atoms with Crippen LogP contribution in [0.15, 0.2) is 11.6 Å². The highest BCUT2D eigenvalue weighted by Gasteiger charge is 2.22. The van der Waals surface area contributed by atoms with Crippen LogP contribution in [0, 0.1) is 0 Å². The summed E-state index contributed by atoms with van der Waals surface area (Å²) < 4.78 is 0. The Balaban J connectivity index is 2.34. The summed E-state index contributed by atoms with van der Waals surface area (Å²) in [7, 11) is 0. The van der Waals surface area contributed by atoms with Crippen LogP contribution in [0.5, 0.6) is 0 Å². The molecular formula is C12H22N2OS. The van der Waals surface area contributed by atoms with Crippen molar-refractivity contribution in [2.75, 3.05) is 6.54 Å². The van der Waals surface area contributed by atoms with Gasteiger partial charge in [-0.3, -0.25) is 0 Å². The van der Waals surface area contributed by atoms with E-state index in [0.717, 1.165) is 18.0 Å². The summed E-state index contributed by atoms with van der Waals surface area (Å²) in [5.74, 6) is 0. The summed E-state index contributed by atoms with van der Waals surface area (Å²) in [6.07, 6.45) is 3.16. The molecule has 0 aliphatic heterocycles. The van der Waals surface area contributed by atoms with Gasteiger partial charge in [0.15, 0.2) is 0 Å². The van der Waals surface area contributed by atoms with Crippen LogP contribution in [-0.4, -0.2) is 27.8 Å². The number of aromatic nitrogens is 1. The van der Waals surface area contributed by atoms with Gasteiger partial charge in [0.05, 0.1) is 10.6 Å². The molecule has 0 radical (unpaired) electrons. The zero-order valence-corrected chi connectivity index (χ0v) is 11.4. The number of hydrogen-bond acceptors (Lipinski definition) is 4. The van der Waals surface area contributed by atoms with Gasteiger partial charge in [-0.1, -0.05) is 0 Å². The van der Waals surface area contributed by atoms with Crippen molar-refractivity contribution in [1.29, 1.82) is 0 Å². The van der Waals surface area contributed by atoms with Crippen LogP contribution in [0.1, 0.15) is 39.1 Å². The maximum atomic E-state index is 10.2. The van der Waals surface area contributed by atoms with Gasteiger partial charge in [-0.15, -0.1) is 11.3 Å². The van der Waals surface area contributed by atoms with Gasteiger partial charge in [-0.05, 0) is 40.7 Å². The van der Waals surface area contributed by atoms with E-state index in [9.17, 15) is 5.11 Å². The highest BCUT2D eigenvalue weighted by Crippen LogP contribution is 2.18. The first kappa shape index (κ1) is 13.6. The third-order valence-electron chi connectivity index (χ3n) is 2.33. The standard InChI is InChI=1S/C12H22N2OS/c1-11(2,3)14-6-5-12(4,15)9-10-13-7-8-16-10/h7-8,14-15H,5-6,9H2,1-4H3. The molecule has 1 atom stereocenters. The van der Waals surface area contributed by atoms with Gasteiger partial charge < -0.3 is 10.4 Å². The lowest BCUT2D eigenvalue weighted by Gasteiger charge is -2.26. The molecule has 1 aromatic heterocycles. The van der Waals surface area contributed by atoms with Gasteiger partial charge in [0.2, 0.25) is 0 Å². The van der Waals surface area contributed by atoms with E-state index in [1.807, 2.05) is 12.3 Å². The van der Waals surface area contributed by atoms with Crippen molar-refractivity contribution in [3.63, 3.8) is 0 Å². The summed E-state index contributed by atoms with van der Waals surface area (Å²) in [4.78, 5) is 4.20. The van der Waals surface area contributed by atoms with Gasteiger partial charge in [-0.25, -0.2) is 4.98 Å². The van der Waals surface area contributed by atoms with Crippen LogP contribution in [-0.2, 0) is 6.42 Å². The number of thiazole rings is 1. The molecule has 0 aromatic carbocycles.